The minimum absolute atomic E-state index is 0.171. The van der Waals surface area contributed by atoms with Crippen LogP contribution in [0.4, 0.5) is 11.4 Å². The van der Waals surface area contributed by atoms with Gasteiger partial charge >= 0.3 is 0 Å². The molecule has 2 aromatic carbocycles. The summed E-state index contributed by atoms with van der Waals surface area (Å²) in [4.78, 5) is 24.2. The summed E-state index contributed by atoms with van der Waals surface area (Å²) in [6.07, 6.45) is 0. The van der Waals surface area contributed by atoms with Gasteiger partial charge in [0.15, 0.2) is 10.4 Å². The fourth-order valence-electron chi connectivity index (χ4n) is 2.11. The van der Waals surface area contributed by atoms with Crippen LogP contribution >= 0.6 is 27.5 Å². The molecule has 0 bridgehead atoms. The molecule has 0 radical (unpaired) electrons. The van der Waals surface area contributed by atoms with Crippen molar-refractivity contribution in [3.8, 4) is 0 Å². The lowest BCUT2D eigenvalue weighted by Gasteiger charge is -2.09. The van der Waals surface area contributed by atoms with Crippen LogP contribution in [0.2, 0.25) is 5.02 Å². The van der Waals surface area contributed by atoms with E-state index in [0.29, 0.717) is 26.6 Å². The van der Waals surface area contributed by atoms with E-state index >= 15 is 0 Å². The van der Waals surface area contributed by atoms with Crippen molar-refractivity contribution in [2.75, 3.05) is 10.6 Å². The molecule has 5 nitrogen and oxygen atoms in total. The van der Waals surface area contributed by atoms with Crippen LogP contribution in [0.5, 0.6) is 0 Å². The van der Waals surface area contributed by atoms with Crippen molar-refractivity contribution in [3.05, 3.63) is 81.7 Å². The lowest BCUT2D eigenvalue weighted by molar-refractivity contribution is 0.0993. The number of nitrogens with one attached hydrogen (secondary N) is 2. The highest BCUT2D eigenvalue weighted by molar-refractivity contribution is 9.10. The van der Waals surface area contributed by atoms with Gasteiger partial charge < -0.3 is 15.1 Å². The fourth-order valence-corrected chi connectivity index (χ4v) is 2.64. The largest absolute Gasteiger partial charge is 0.444 e. The van der Waals surface area contributed by atoms with Crippen LogP contribution in [0.25, 0.3) is 0 Å². The van der Waals surface area contributed by atoms with Crippen molar-refractivity contribution < 1.29 is 14.0 Å². The SMILES string of the molecule is O=C(Nc1ccc(NC(=O)c2ccc(Br)o2)cc1Cl)c1ccccc1. The molecule has 1 aromatic heterocycles. The molecule has 0 fully saturated rings. The van der Waals surface area contributed by atoms with E-state index in [4.69, 9.17) is 16.0 Å². The second-order valence-corrected chi connectivity index (χ2v) is 6.26. The Balaban J connectivity index is 1.70. The highest BCUT2D eigenvalue weighted by Crippen LogP contribution is 2.26. The van der Waals surface area contributed by atoms with E-state index in [1.54, 1.807) is 54.6 Å². The third kappa shape index (κ3) is 4.29. The number of carbonyl (C=O) groups excluding carboxylic acids is 2. The van der Waals surface area contributed by atoms with Gasteiger partial charge in [-0.3, -0.25) is 9.59 Å². The van der Waals surface area contributed by atoms with Gasteiger partial charge in [-0.05, 0) is 58.4 Å². The zero-order valence-electron chi connectivity index (χ0n) is 12.8. The Labute approximate surface area is 157 Å². The summed E-state index contributed by atoms with van der Waals surface area (Å²) >= 11 is 9.34. The van der Waals surface area contributed by atoms with Gasteiger partial charge in [-0.1, -0.05) is 29.8 Å². The predicted molar refractivity (Wildman–Crippen MR) is 100 cm³/mol. The Bertz CT molecular complexity index is 925. The number of carbonyl (C=O) groups is 2. The summed E-state index contributed by atoms with van der Waals surface area (Å²) < 4.78 is 5.65. The Kier molecular flexibility index (Phi) is 5.21. The van der Waals surface area contributed by atoms with E-state index in [9.17, 15) is 9.59 Å². The number of halogens is 2. The zero-order valence-corrected chi connectivity index (χ0v) is 15.1. The predicted octanol–water partition coefficient (Wildman–Crippen LogP) is 5.20. The highest BCUT2D eigenvalue weighted by Gasteiger charge is 2.13. The molecule has 3 aromatic rings. The van der Waals surface area contributed by atoms with Gasteiger partial charge in [0.2, 0.25) is 0 Å². The first-order valence-electron chi connectivity index (χ1n) is 7.25. The summed E-state index contributed by atoms with van der Waals surface area (Å²) in [5, 5.41) is 5.72. The number of amides is 2. The monoisotopic (exact) mass is 418 g/mol. The van der Waals surface area contributed by atoms with Crippen molar-refractivity contribution in [2.45, 2.75) is 0 Å². The quantitative estimate of drug-likeness (QED) is 0.610. The third-order valence-corrected chi connectivity index (χ3v) is 4.05. The van der Waals surface area contributed by atoms with Crippen LogP contribution in [0.1, 0.15) is 20.9 Å². The van der Waals surface area contributed by atoms with E-state index in [-0.39, 0.29) is 11.7 Å². The number of benzene rings is 2. The molecule has 0 atom stereocenters. The van der Waals surface area contributed by atoms with Crippen LogP contribution in [0.15, 0.2) is 69.8 Å². The first-order valence-corrected chi connectivity index (χ1v) is 8.42. The Hall–Kier alpha value is -2.57. The van der Waals surface area contributed by atoms with Crippen LogP contribution < -0.4 is 10.6 Å². The van der Waals surface area contributed by atoms with Crippen molar-refractivity contribution in [2.24, 2.45) is 0 Å². The number of rotatable bonds is 4. The topological polar surface area (TPSA) is 71.3 Å². The van der Waals surface area contributed by atoms with Gasteiger partial charge in [0.25, 0.3) is 11.8 Å². The molecule has 0 saturated heterocycles. The number of anilines is 2. The summed E-state index contributed by atoms with van der Waals surface area (Å²) in [5.74, 6) is -0.494. The van der Waals surface area contributed by atoms with Crippen molar-refractivity contribution >= 4 is 50.7 Å². The number of furan rings is 1. The van der Waals surface area contributed by atoms with E-state index < -0.39 is 5.91 Å². The molecule has 3 rings (SSSR count). The van der Waals surface area contributed by atoms with Gasteiger partial charge in [0, 0.05) is 11.3 Å². The second-order valence-electron chi connectivity index (χ2n) is 5.07. The van der Waals surface area contributed by atoms with Crippen molar-refractivity contribution in [1.29, 1.82) is 0 Å². The fraction of sp³-hybridized carbons (Fsp3) is 0. The average molecular weight is 420 g/mol. The maximum absolute atomic E-state index is 12.2. The highest BCUT2D eigenvalue weighted by atomic mass is 79.9. The Morgan fingerprint density at radius 3 is 2.32 bits per heavy atom. The van der Waals surface area contributed by atoms with Gasteiger partial charge in [-0.15, -0.1) is 0 Å². The van der Waals surface area contributed by atoms with Gasteiger partial charge in [0.05, 0.1) is 10.7 Å². The maximum Gasteiger partial charge on any atom is 0.291 e. The van der Waals surface area contributed by atoms with Crippen LogP contribution in [0.3, 0.4) is 0 Å². The third-order valence-electron chi connectivity index (χ3n) is 3.31. The average Bonchev–Trinajstić information content (AvgIpc) is 3.04. The summed E-state index contributed by atoms with van der Waals surface area (Å²) in [5.41, 5.74) is 1.47. The molecule has 0 aliphatic heterocycles. The summed E-state index contributed by atoms with van der Waals surface area (Å²) in [6, 6.07) is 16.8. The minimum Gasteiger partial charge on any atom is -0.444 e. The van der Waals surface area contributed by atoms with Crippen LogP contribution in [0, 0.1) is 0 Å². The molecule has 0 unspecified atom stereocenters. The van der Waals surface area contributed by atoms with E-state index in [2.05, 4.69) is 26.6 Å². The number of hydrogen-bond donors (Lipinski definition) is 2. The van der Waals surface area contributed by atoms with Crippen molar-refractivity contribution in [3.63, 3.8) is 0 Å². The number of hydrogen-bond acceptors (Lipinski definition) is 3. The Morgan fingerprint density at radius 1 is 0.920 bits per heavy atom. The molecule has 0 aliphatic carbocycles. The molecule has 25 heavy (non-hydrogen) atoms. The lowest BCUT2D eigenvalue weighted by atomic mass is 10.2. The first-order chi connectivity index (χ1) is 12.0. The molecule has 7 heteroatoms. The van der Waals surface area contributed by atoms with Crippen LogP contribution in [-0.2, 0) is 0 Å². The van der Waals surface area contributed by atoms with Crippen molar-refractivity contribution in [1.82, 2.24) is 0 Å². The molecule has 2 N–H and O–H groups in total. The summed E-state index contributed by atoms with van der Waals surface area (Å²) in [6.45, 7) is 0. The van der Waals surface area contributed by atoms with Gasteiger partial charge in [0.1, 0.15) is 0 Å². The van der Waals surface area contributed by atoms with E-state index in [0.717, 1.165) is 0 Å². The summed E-state index contributed by atoms with van der Waals surface area (Å²) in [7, 11) is 0. The van der Waals surface area contributed by atoms with Crippen LogP contribution in [-0.4, -0.2) is 11.8 Å². The normalized spacial score (nSPS) is 10.3. The molecule has 0 spiro atoms. The van der Waals surface area contributed by atoms with E-state index in [1.165, 1.54) is 0 Å². The molecule has 126 valence electrons. The molecule has 0 saturated carbocycles. The molecular formula is C18H12BrClN2O3. The second kappa shape index (κ2) is 7.55. The minimum atomic E-state index is -0.400. The smallest absolute Gasteiger partial charge is 0.291 e. The van der Waals surface area contributed by atoms with E-state index in [1.807, 2.05) is 6.07 Å². The molecule has 0 aliphatic rings. The first kappa shape index (κ1) is 17.3. The van der Waals surface area contributed by atoms with Gasteiger partial charge in [-0.25, -0.2) is 0 Å². The molecule has 2 amide bonds. The Morgan fingerprint density at radius 2 is 1.68 bits per heavy atom. The molecule has 1 heterocycles. The standard InChI is InChI=1S/C18H12BrClN2O3/c19-16-9-8-15(25-16)18(24)21-12-6-7-14(13(20)10-12)22-17(23)11-4-2-1-3-5-11/h1-10H,(H,21,24)(H,22,23). The zero-order chi connectivity index (χ0) is 17.8. The van der Waals surface area contributed by atoms with Gasteiger partial charge in [-0.2, -0.15) is 0 Å². The lowest BCUT2D eigenvalue weighted by Crippen LogP contribution is -2.13. The molecular weight excluding hydrogens is 408 g/mol. The maximum atomic E-state index is 12.2.